The number of hydrogen-bond donors (Lipinski definition) is 2. The molecular weight excluding hydrogens is 290 g/mol. The van der Waals surface area contributed by atoms with Gasteiger partial charge in [0.25, 0.3) is 0 Å². The first-order valence-corrected chi connectivity index (χ1v) is 8.11. The average Bonchev–Trinajstić information content (AvgIpc) is 2.48. The van der Waals surface area contributed by atoms with Gasteiger partial charge in [-0.1, -0.05) is 12.1 Å². The van der Waals surface area contributed by atoms with E-state index < -0.39 is 12.1 Å². The fourth-order valence-electron chi connectivity index (χ4n) is 2.50. The largest absolute Gasteiger partial charge is 0.497 e. The van der Waals surface area contributed by atoms with Crippen LogP contribution in [0.4, 0.5) is 0 Å². The Hall–Kier alpha value is -1.24. The van der Waals surface area contributed by atoms with Crippen molar-refractivity contribution in [3.05, 3.63) is 29.8 Å². The molecule has 116 valence electrons. The first-order chi connectivity index (χ1) is 10.1. The van der Waals surface area contributed by atoms with Gasteiger partial charge in [0.1, 0.15) is 5.75 Å². The Labute approximate surface area is 128 Å². The minimum Gasteiger partial charge on any atom is -0.497 e. The molecule has 6 heteroatoms. The van der Waals surface area contributed by atoms with Crippen LogP contribution in [0.25, 0.3) is 0 Å². The molecule has 0 spiro atoms. The molecule has 1 aliphatic heterocycles. The van der Waals surface area contributed by atoms with E-state index in [9.17, 15) is 9.90 Å². The van der Waals surface area contributed by atoms with Gasteiger partial charge in [0.05, 0.1) is 19.6 Å². The summed E-state index contributed by atoms with van der Waals surface area (Å²) in [7, 11) is 1.59. The summed E-state index contributed by atoms with van der Waals surface area (Å²) >= 11 is 1.77. The van der Waals surface area contributed by atoms with Crippen LogP contribution in [0, 0.1) is 0 Å². The minimum absolute atomic E-state index is 0.0125. The lowest BCUT2D eigenvalue weighted by molar-refractivity contribution is -0.138. The van der Waals surface area contributed by atoms with E-state index in [4.69, 9.17) is 9.84 Å². The van der Waals surface area contributed by atoms with Gasteiger partial charge < -0.3 is 14.9 Å². The minimum atomic E-state index is -0.789. The predicted molar refractivity (Wildman–Crippen MR) is 82.9 cm³/mol. The van der Waals surface area contributed by atoms with Crippen LogP contribution in [-0.4, -0.2) is 58.8 Å². The maximum Gasteiger partial charge on any atom is 0.304 e. The van der Waals surface area contributed by atoms with Crippen LogP contribution in [0.3, 0.4) is 0 Å². The second-order valence-corrected chi connectivity index (χ2v) is 6.26. The fraction of sp³-hybridized carbons (Fsp3) is 0.533. The van der Waals surface area contributed by atoms with Crippen molar-refractivity contribution in [2.24, 2.45) is 0 Å². The van der Waals surface area contributed by atoms with Crippen LogP contribution in [0.15, 0.2) is 24.3 Å². The summed E-state index contributed by atoms with van der Waals surface area (Å²) < 4.78 is 5.16. The predicted octanol–water partition coefficient (Wildman–Crippen LogP) is 1.62. The molecule has 2 atom stereocenters. The topological polar surface area (TPSA) is 70.0 Å². The highest BCUT2D eigenvalue weighted by Gasteiger charge is 2.27. The third-order valence-electron chi connectivity index (χ3n) is 3.65. The lowest BCUT2D eigenvalue weighted by Crippen LogP contribution is -2.45. The van der Waals surface area contributed by atoms with Crippen LogP contribution in [0.1, 0.15) is 18.1 Å². The van der Waals surface area contributed by atoms with Crippen molar-refractivity contribution >= 4 is 17.7 Å². The van der Waals surface area contributed by atoms with E-state index in [0.29, 0.717) is 12.3 Å². The molecule has 1 aromatic carbocycles. The Bertz CT molecular complexity index is 482. The van der Waals surface area contributed by atoms with E-state index in [1.54, 1.807) is 18.9 Å². The van der Waals surface area contributed by atoms with Crippen molar-refractivity contribution in [2.75, 3.05) is 31.7 Å². The number of ether oxygens (including phenoxy) is 1. The van der Waals surface area contributed by atoms with Crippen molar-refractivity contribution in [1.29, 1.82) is 0 Å². The van der Waals surface area contributed by atoms with E-state index in [0.717, 1.165) is 23.6 Å². The lowest BCUT2D eigenvalue weighted by Gasteiger charge is -2.35. The van der Waals surface area contributed by atoms with Crippen molar-refractivity contribution in [2.45, 2.75) is 18.6 Å². The molecule has 2 unspecified atom stereocenters. The molecule has 1 fully saturated rings. The summed E-state index contributed by atoms with van der Waals surface area (Å²) in [5.41, 5.74) is 0.793. The number of methoxy groups -OCH3 is 1. The molecule has 1 heterocycles. The molecule has 0 aromatic heterocycles. The SMILES string of the molecule is COc1cccc(C(O)CN2CCSCC2CC(=O)O)c1. The van der Waals surface area contributed by atoms with Gasteiger partial charge in [0.15, 0.2) is 0 Å². The highest BCUT2D eigenvalue weighted by atomic mass is 32.2. The number of aliphatic hydroxyl groups excluding tert-OH is 1. The summed E-state index contributed by atoms with van der Waals surface area (Å²) in [5, 5.41) is 19.4. The van der Waals surface area contributed by atoms with E-state index >= 15 is 0 Å². The van der Waals surface area contributed by atoms with Gasteiger partial charge in [-0.05, 0) is 17.7 Å². The number of β-amino-alcohol motifs (C(OH)–C–C–N with tert-alkyl or cyclic N) is 1. The second-order valence-electron chi connectivity index (χ2n) is 5.11. The summed E-state index contributed by atoms with van der Waals surface area (Å²) in [6.45, 7) is 1.26. The van der Waals surface area contributed by atoms with Gasteiger partial charge in [-0.2, -0.15) is 11.8 Å². The molecule has 0 aliphatic carbocycles. The zero-order chi connectivity index (χ0) is 15.2. The molecular formula is C15H21NO4S. The van der Waals surface area contributed by atoms with E-state index in [1.807, 2.05) is 24.3 Å². The molecule has 1 aromatic rings. The van der Waals surface area contributed by atoms with Gasteiger partial charge in [0.2, 0.25) is 0 Å². The Morgan fingerprint density at radius 3 is 3.10 bits per heavy atom. The summed E-state index contributed by atoms with van der Waals surface area (Å²) in [6.07, 6.45) is -0.517. The van der Waals surface area contributed by atoms with Crippen LogP contribution < -0.4 is 4.74 Å². The molecule has 0 saturated carbocycles. The number of benzene rings is 1. The third kappa shape index (κ3) is 4.62. The Morgan fingerprint density at radius 2 is 2.38 bits per heavy atom. The monoisotopic (exact) mass is 311 g/mol. The summed E-state index contributed by atoms with van der Waals surface area (Å²) in [5.74, 6) is 1.70. The van der Waals surface area contributed by atoms with Crippen molar-refractivity contribution < 1.29 is 19.7 Å². The van der Waals surface area contributed by atoms with Crippen molar-refractivity contribution in [1.82, 2.24) is 4.90 Å². The molecule has 0 bridgehead atoms. The number of carboxylic acid groups (broad SMARTS) is 1. The van der Waals surface area contributed by atoms with Gasteiger partial charge in [-0.15, -0.1) is 0 Å². The molecule has 0 radical (unpaired) electrons. The Morgan fingerprint density at radius 1 is 1.57 bits per heavy atom. The molecule has 0 amide bonds. The first-order valence-electron chi connectivity index (χ1n) is 6.95. The normalized spacial score (nSPS) is 21.0. The summed E-state index contributed by atoms with van der Waals surface area (Å²) in [6, 6.07) is 7.34. The molecule has 21 heavy (non-hydrogen) atoms. The maximum atomic E-state index is 10.9. The van der Waals surface area contributed by atoms with E-state index in [-0.39, 0.29) is 12.5 Å². The van der Waals surface area contributed by atoms with Gasteiger partial charge >= 0.3 is 5.97 Å². The van der Waals surface area contributed by atoms with Crippen molar-refractivity contribution in [3.8, 4) is 5.75 Å². The lowest BCUT2D eigenvalue weighted by atomic mass is 10.1. The van der Waals surface area contributed by atoms with E-state index in [2.05, 4.69) is 4.90 Å². The standard InChI is InChI=1S/C15H21NO4S/c1-20-13-4-2-3-11(7-13)14(17)9-16-5-6-21-10-12(16)8-15(18)19/h2-4,7,12,14,17H,5-6,8-10H2,1H3,(H,18,19). The maximum absolute atomic E-state index is 10.9. The number of thioether (sulfide) groups is 1. The zero-order valence-electron chi connectivity index (χ0n) is 12.1. The van der Waals surface area contributed by atoms with Gasteiger partial charge in [0, 0.05) is 30.6 Å². The van der Waals surface area contributed by atoms with Crippen LogP contribution in [0.5, 0.6) is 5.75 Å². The Balaban J connectivity index is 2.01. The molecule has 2 rings (SSSR count). The molecule has 5 nitrogen and oxygen atoms in total. The second kappa shape index (κ2) is 7.68. The highest BCUT2D eigenvalue weighted by molar-refractivity contribution is 7.99. The average molecular weight is 311 g/mol. The van der Waals surface area contributed by atoms with Gasteiger partial charge in [-0.25, -0.2) is 0 Å². The molecule has 1 aliphatic rings. The quantitative estimate of drug-likeness (QED) is 0.832. The fourth-order valence-corrected chi connectivity index (χ4v) is 3.63. The van der Waals surface area contributed by atoms with Crippen LogP contribution in [-0.2, 0) is 4.79 Å². The number of nitrogens with zero attached hydrogens (tertiary/aromatic N) is 1. The zero-order valence-corrected chi connectivity index (χ0v) is 12.9. The van der Waals surface area contributed by atoms with Crippen molar-refractivity contribution in [3.63, 3.8) is 0 Å². The number of hydrogen-bond acceptors (Lipinski definition) is 5. The number of aliphatic carboxylic acids is 1. The number of rotatable bonds is 6. The van der Waals surface area contributed by atoms with Crippen LogP contribution in [0.2, 0.25) is 0 Å². The number of aliphatic hydroxyl groups is 1. The summed E-state index contributed by atoms with van der Waals surface area (Å²) in [4.78, 5) is 13.0. The van der Waals surface area contributed by atoms with Crippen LogP contribution >= 0.6 is 11.8 Å². The van der Waals surface area contributed by atoms with Gasteiger partial charge in [-0.3, -0.25) is 9.69 Å². The number of carbonyl (C=O) groups is 1. The highest BCUT2D eigenvalue weighted by Crippen LogP contribution is 2.24. The smallest absolute Gasteiger partial charge is 0.304 e. The molecule has 1 saturated heterocycles. The Kier molecular flexibility index (Phi) is 5.90. The molecule has 2 N–H and O–H groups in total. The van der Waals surface area contributed by atoms with E-state index in [1.165, 1.54) is 0 Å². The third-order valence-corrected chi connectivity index (χ3v) is 4.74. The number of carboxylic acids is 1. The first kappa shape index (κ1) is 16.1.